The molecule has 8 heteroatoms. The molecule has 0 spiro atoms. The van der Waals surface area contributed by atoms with E-state index < -0.39 is 10.0 Å². The van der Waals surface area contributed by atoms with Gasteiger partial charge in [-0.1, -0.05) is 53.7 Å². The fourth-order valence-corrected chi connectivity index (χ4v) is 4.57. The molecular formula is C23H19BrN2O4S. The van der Waals surface area contributed by atoms with Gasteiger partial charge in [0.15, 0.2) is 0 Å². The second-order valence-electron chi connectivity index (χ2n) is 6.82. The number of methoxy groups -OCH3 is 1. The number of benzene rings is 3. The van der Waals surface area contributed by atoms with E-state index in [4.69, 9.17) is 9.26 Å². The second-order valence-corrected chi connectivity index (χ2v) is 9.29. The number of sulfonamides is 1. The highest BCUT2D eigenvalue weighted by molar-refractivity contribution is 9.10. The third-order valence-electron chi connectivity index (χ3n) is 4.81. The normalized spacial score (nSPS) is 11.3. The monoisotopic (exact) mass is 498 g/mol. The minimum absolute atomic E-state index is 0.0398. The van der Waals surface area contributed by atoms with Crippen LogP contribution in [0.4, 0.5) is 5.88 Å². The predicted octanol–water partition coefficient (Wildman–Crippen LogP) is 5.89. The summed E-state index contributed by atoms with van der Waals surface area (Å²) in [5.41, 5.74) is 4.11. The number of hydrogen-bond donors (Lipinski definition) is 1. The van der Waals surface area contributed by atoms with Gasteiger partial charge in [0.25, 0.3) is 15.9 Å². The van der Waals surface area contributed by atoms with Crippen LogP contribution in [0.2, 0.25) is 0 Å². The fraction of sp³-hybridized carbons (Fsp3) is 0.0870. The maximum atomic E-state index is 13.0. The van der Waals surface area contributed by atoms with Crippen molar-refractivity contribution in [1.82, 2.24) is 5.16 Å². The Hall–Kier alpha value is -3.10. The zero-order valence-corrected chi connectivity index (χ0v) is 19.2. The van der Waals surface area contributed by atoms with E-state index >= 15 is 0 Å². The van der Waals surface area contributed by atoms with Crippen LogP contribution in [0.5, 0.6) is 5.75 Å². The number of anilines is 1. The van der Waals surface area contributed by atoms with Crippen LogP contribution in [-0.2, 0) is 10.0 Å². The molecule has 0 bridgehead atoms. The van der Waals surface area contributed by atoms with Gasteiger partial charge in [-0.15, -0.1) is 0 Å². The topological polar surface area (TPSA) is 81.4 Å². The largest absolute Gasteiger partial charge is 0.497 e. The van der Waals surface area contributed by atoms with Crippen molar-refractivity contribution in [2.24, 2.45) is 0 Å². The highest BCUT2D eigenvalue weighted by Crippen LogP contribution is 2.35. The van der Waals surface area contributed by atoms with Crippen molar-refractivity contribution in [3.63, 3.8) is 0 Å². The average molecular weight is 499 g/mol. The summed E-state index contributed by atoms with van der Waals surface area (Å²) >= 11 is 3.29. The Morgan fingerprint density at radius 1 is 0.935 bits per heavy atom. The second kappa shape index (κ2) is 8.56. The Balaban J connectivity index is 1.81. The van der Waals surface area contributed by atoms with Gasteiger partial charge in [0.1, 0.15) is 10.2 Å². The maximum Gasteiger partial charge on any atom is 0.264 e. The zero-order valence-electron chi connectivity index (χ0n) is 16.8. The first-order chi connectivity index (χ1) is 14.9. The Morgan fingerprint density at radius 3 is 2.23 bits per heavy atom. The molecule has 0 radical (unpaired) electrons. The molecule has 1 aromatic heterocycles. The van der Waals surface area contributed by atoms with Crippen molar-refractivity contribution in [1.29, 1.82) is 0 Å². The molecule has 4 rings (SSSR count). The molecule has 158 valence electrons. The number of aryl methyl sites for hydroxylation is 1. The van der Waals surface area contributed by atoms with Gasteiger partial charge < -0.3 is 9.26 Å². The Morgan fingerprint density at radius 2 is 1.61 bits per heavy atom. The SMILES string of the molecule is COc1ccc(-c2ccc(S(=O)(=O)Nc3onc(C)c3Br)cc2-c2ccccc2)cc1. The van der Waals surface area contributed by atoms with Gasteiger partial charge in [0.05, 0.1) is 17.7 Å². The van der Waals surface area contributed by atoms with Crippen molar-refractivity contribution in [3.05, 3.63) is 83.0 Å². The summed E-state index contributed by atoms with van der Waals surface area (Å²) in [6.07, 6.45) is 0. The van der Waals surface area contributed by atoms with E-state index in [0.717, 1.165) is 28.0 Å². The molecule has 0 saturated carbocycles. The molecule has 6 nitrogen and oxygen atoms in total. The van der Waals surface area contributed by atoms with Crippen molar-refractivity contribution in [3.8, 4) is 28.0 Å². The third kappa shape index (κ3) is 4.35. The van der Waals surface area contributed by atoms with Crippen molar-refractivity contribution in [2.45, 2.75) is 11.8 Å². The number of nitrogens with zero attached hydrogens (tertiary/aromatic N) is 1. The molecule has 0 atom stereocenters. The standard InChI is InChI=1S/C23H19BrN2O4S/c1-15-22(24)23(30-25-15)26-31(27,28)19-12-13-20(17-8-10-18(29-2)11-9-17)21(14-19)16-6-4-3-5-7-16/h3-14,26H,1-2H3. The number of nitrogens with one attached hydrogen (secondary N) is 1. The average Bonchev–Trinajstić information content (AvgIpc) is 3.11. The number of hydrogen-bond acceptors (Lipinski definition) is 5. The Labute approximate surface area is 189 Å². The van der Waals surface area contributed by atoms with Crippen LogP contribution in [0.1, 0.15) is 5.69 Å². The van der Waals surface area contributed by atoms with Crippen LogP contribution < -0.4 is 9.46 Å². The minimum atomic E-state index is -3.90. The lowest BCUT2D eigenvalue weighted by Gasteiger charge is -2.14. The predicted molar refractivity (Wildman–Crippen MR) is 124 cm³/mol. The summed E-state index contributed by atoms with van der Waals surface area (Å²) in [4.78, 5) is 0.115. The van der Waals surface area contributed by atoms with Crippen LogP contribution in [0.25, 0.3) is 22.3 Å². The van der Waals surface area contributed by atoms with Gasteiger partial charge >= 0.3 is 0 Å². The minimum Gasteiger partial charge on any atom is -0.497 e. The number of ether oxygens (including phenoxy) is 1. The molecule has 0 fully saturated rings. The summed E-state index contributed by atoms with van der Waals surface area (Å²) in [5, 5.41) is 3.77. The lowest BCUT2D eigenvalue weighted by molar-refractivity contribution is 0.415. The van der Waals surface area contributed by atoms with E-state index in [0.29, 0.717) is 10.2 Å². The first-order valence-electron chi connectivity index (χ1n) is 9.37. The zero-order chi connectivity index (χ0) is 22.0. The van der Waals surface area contributed by atoms with Gasteiger partial charge in [-0.05, 0) is 69.4 Å². The van der Waals surface area contributed by atoms with Gasteiger partial charge in [0, 0.05) is 0 Å². The van der Waals surface area contributed by atoms with Gasteiger partial charge in [0.2, 0.25) is 0 Å². The smallest absolute Gasteiger partial charge is 0.264 e. The molecular weight excluding hydrogens is 480 g/mol. The quantitative estimate of drug-likeness (QED) is 0.358. The highest BCUT2D eigenvalue weighted by Gasteiger charge is 2.22. The number of rotatable bonds is 6. The molecule has 0 aliphatic carbocycles. The van der Waals surface area contributed by atoms with Crippen LogP contribution in [0, 0.1) is 6.92 Å². The molecule has 1 N–H and O–H groups in total. The number of halogens is 1. The van der Waals surface area contributed by atoms with Gasteiger partial charge in [-0.3, -0.25) is 0 Å². The van der Waals surface area contributed by atoms with E-state index in [9.17, 15) is 8.42 Å². The van der Waals surface area contributed by atoms with E-state index in [1.54, 1.807) is 32.2 Å². The molecule has 4 aromatic rings. The lowest BCUT2D eigenvalue weighted by atomic mass is 9.94. The molecule has 0 aliphatic heterocycles. The van der Waals surface area contributed by atoms with Crippen LogP contribution in [0.15, 0.2) is 86.7 Å². The van der Waals surface area contributed by atoms with Crippen LogP contribution in [0.3, 0.4) is 0 Å². The first kappa shape index (κ1) is 21.1. The Bertz CT molecular complexity index is 1320. The van der Waals surface area contributed by atoms with Crippen LogP contribution >= 0.6 is 15.9 Å². The molecule has 0 amide bonds. The van der Waals surface area contributed by atoms with Crippen LogP contribution in [-0.4, -0.2) is 20.7 Å². The molecule has 0 unspecified atom stereocenters. The summed E-state index contributed by atoms with van der Waals surface area (Å²) in [6, 6.07) is 22.3. The molecule has 0 saturated heterocycles. The summed E-state index contributed by atoms with van der Waals surface area (Å²) in [5.74, 6) is 0.791. The van der Waals surface area contributed by atoms with Crippen molar-refractivity contribution >= 4 is 31.8 Å². The summed E-state index contributed by atoms with van der Waals surface area (Å²) < 4.78 is 39.3. The molecule has 31 heavy (non-hydrogen) atoms. The maximum absolute atomic E-state index is 13.0. The third-order valence-corrected chi connectivity index (χ3v) is 7.07. The number of aromatic nitrogens is 1. The van der Waals surface area contributed by atoms with Gasteiger partial charge in [-0.25, -0.2) is 13.1 Å². The molecule has 0 aliphatic rings. The summed E-state index contributed by atoms with van der Waals surface area (Å²) in [6.45, 7) is 1.71. The highest BCUT2D eigenvalue weighted by atomic mass is 79.9. The van der Waals surface area contributed by atoms with E-state index in [1.807, 2.05) is 54.6 Å². The van der Waals surface area contributed by atoms with E-state index in [2.05, 4.69) is 25.8 Å². The van der Waals surface area contributed by atoms with Crippen molar-refractivity contribution in [2.75, 3.05) is 11.8 Å². The Kier molecular flexibility index (Phi) is 5.84. The molecule has 1 heterocycles. The van der Waals surface area contributed by atoms with Gasteiger partial charge in [-0.2, -0.15) is 0 Å². The first-order valence-corrected chi connectivity index (χ1v) is 11.6. The lowest BCUT2D eigenvalue weighted by Crippen LogP contribution is -2.13. The molecule has 3 aromatic carbocycles. The van der Waals surface area contributed by atoms with E-state index in [1.165, 1.54) is 0 Å². The van der Waals surface area contributed by atoms with Crippen molar-refractivity contribution < 1.29 is 17.7 Å². The fourth-order valence-electron chi connectivity index (χ4n) is 3.17. The van der Waals surface area contributed by atoms with E-state index in [-0.39, 0.29) is 10.8 Å². The summed E-state index contributed by atoms with van der Waals surface area (Å²) in [7, 11) is -2.28.